The summed E-state index contributed by atoms with van der Waals surface area (Å²) in [5.74, 6) is 0.954. The summed E-state index contributed by atoms with van der Waals surface area (Å²) in [6.45, 7) is 7.21. The molecule has 0 atom stereocenters. The predicted molar refractivity (Wildman–Crippen MR) is 87.1 cm³/mol. The van der Waals surface area contributed by atoms with E-state index in [1.165, 1.54) is 5.56 Å². The third-order valence-electron chi connectivity index (χ3n) is 3.31. The number of primary sulfonamides is 1. The lowest BCUT2D eigenvalue weighted by molar-refractivity contribution is 0.305. The first-order valence-electron chi connectivity index (χ1n) is 7.42. The smallest absolute Gasteiger partial charge is 0.209 e. The summed E-state index contributed by atoms with van der Waals surface area (Å²) >= 11 is 0. The van der Waals surface area contributed by atoms with Gasteiger partial charge in [0.1, 0.15) is 5.75 Å². The zero-order valence-corrected chi connectivity index (χ0v) is 14.1. The van der Waals surface area contributed by atoms with Crippen molar-refractivity contribution in [2.75, 3.05) is 12.4 Å². The van der Waals surface area contributed by atoms with Gasteiger partial charge in [0.25, 0.3) is 0 Å². The van der Waals surface area contributed by atoms with Crippen LogP contribution in [0.3, 0.4) is 0 Å². The van der Waals surface area contributed by atoms with Crippen molar-refractivity contribution in [3.8, 4) is 5.75 Å². The van der Waals surface area contributed by atoms with Gasteiger partial charge in [-0.1, -0.05) is 45.7 Å². The van der Waals surface area contributed by atoms with Crippen molar-refractivity contribution in [3.05, 3.63) is 29.8 Å². The first kappa shape index (κ1) is 18.0. The van der Waals surface area contributed by atoms with E-state index >= 15 is 0 Å². The zero-order chi connectivity index (χ0) is 15.9. The standard InChI is InChI=1S/C16H27NO3S/c1-16(2,3)14-8-10-15(11-9-14)20-12-6-4-5-7-13-21(17,18)19/h8-11H,4-7,12-13H2,1-3H3,(H2,17,18,19). The van der Waals surface area contributed by atoms with Crippen molar-refractivity contribution in [2.24, 2.45) is 5.14 Å². The van der Waals surface area contributed by atoms with E-state index in [9.17, 15) is 8.42 Å². The number of hydrogen-bond donors (Lipinski definition) is 1. The molecule has 120 valence electrons. The highest BCUT2D eigenvalue weighted by Crippen LogP contribution is 2.24. The zero-order valence-electron chi connectivity index (χ0n) is 13.3. The highest BCUT2D eigenvalue weighted by Gasteiger charge is 2.12. The molecule has 0 spiro atoms. The van der Waals surface area contributed by atoms with Gasteiger partial charge in [-0.3, -0.25) is 0 Å². The minimum Gasteiger partial charge on any atom is -0.494 e. The Hall–Kier alpha value is -1.07. The predicted octanol–water partition coefficient (Wildman–Crippen LogP) is 3.21. The van der Waals surface area contributed by atoms with Crippen LogP contribution in [0, 0.1) is 0 Å². The van der Waals surface area contributed by atoms with Gasteiger partial charge in [-0.05, 0) is 36.0 Å². The molecule has 0 aromatic heterocycles. The molecule has 0 saturated heterocycles. The summed E-state index contributed by atoms with van der Waals surface area (Å²) in [5, 5.41) is 4.94. The second kappa shape index (κ2) is 7.80. The van der Waals surface area contributed by atoms with Crippen LogP contribution in [0.25, 0.3) is 0 Å². The third-order valence-corrected chi connectivity index (χ3v) is 4.17. The second-order valence-corrected chi connectivity index (χ2v) is 8.14. The molecule has 1 rings (SSSR count). The Bertz CT molecular complexity index is 515. The van der Waals surface area contributed by atoms with Gasteiger partial charge in [-0.25, -0.2) is 13.6 Å². The van der Waals surface area contributed by atoms with Gasteiger partial charge in [-0.2, -0.15) is 0 Å². The molecule has 2 N–H and O–H groups in total. The Balaban J connectivity index is 2.19. The molecule has 0 aliphatic heterocycles. The Morgan fingerprint density at radius 1 is 1.00 bits per heavy atom. The lowest BCUT2D eigenvalue weighted by atomic mass is 9.87. The minimum absolute atomic E-state index is 0.0716. The van der Waals surface area contributed by atoms with Crippen molar-refractivity contribution < 1.29 is 13.2 Å². The highest BCUT2D eigenvalue weighted by molar-refractivity contribution is 7.89. The number of rotatable bonds is 8. The summed E-state index contributed by atoms with van der Waals surface area (Å²) in [7, 11) is -3.31. The SMILES string of the molecule is CC(C)(C)c1ccc(OCCCCCCS(N)(=O)=O)cc1. The van der Waals surface area contributed by atoms with E-state index in [0.29, 0.717) is 13.0 Å². The fourth-order valence-corrected chi connectivity index (χ4v) is 2.61. The Morgan fingerprint density at radius 2 is 1.57 bits per heavy atom. The largest absolute Gasteiger partial charge is 0.494 e. The van der Waals surface area contributed by atoms with Crippen LogP contribution in [0.1, 0.15) is 52.0 Å². The molecule has 0 aliphatic rings. The van der Waals surface area contributed by atoms with Gasteiger partial charge in [0, 0.05) is 0 Å². The molecule has 1 aromatic carbocycles. The van der Waals surface area contributed by atoms with Crippen molar-refractivity contribution >= 4 is 10.0 Å². The van der Waals surface area contributed by atoms with E-state index in [1.807, 2.05) is 12.1 Å². The van der Waals surface area contributed by atoms with E-state index in [-0.39, 0.29) is 11.2 Å². The topological polar surface area (TPSA) is 69.4 Å². The summed E-state index contributed by atoms with van der Waals surface area (Å²) in [6.07, 6.45) is 3.36. The van der Waals surface area contributed by atoms with E-state index in [4.69, 9.17) is 9.88 Å². The molecule has 1 aromatic rings. The molecule has 0 unspecified atom stereocenters. The number of unbranched alkanes of at least 4 members (excludes halogenated alkanes) is 3. The molecule has 0 fully saturated rings. The Morgan fingerprint density at radius 3 is 2.10 bits per heavy atom. The average Bonchev–Trinajstić information content (AvgIpc) is 2.36. The first-order chi connectivity index (χ1) is 9.68. The quantitative estimate of drug-likeness (QED) is 0.749. The summed E-state index contributed by atoms with van der Waals surface area (Å²) in [5.41, 5.74) is 1.44. The van der Waals surface area contributed by atoms with Crippen molar-refractivity contribution in [3.63, 3.8) is 0 Å². The molecule has 0 bridgehead atoms. The van der Waals surface area contributed by atoms with Gasteiger partial charge < -0.3 is 4.74 Å². The normalized spacial score (nSPS) is 12.4. The van der Waals surface area contributed by atoms with E-state index in [0.717, 1.165) is 25.0 Å². The van der Waals surface area contributed by atoms with Crippen molar-refractivity contribution in [1.29, 1.82) is 0 Å². The minimum atomic E-state index is -3.31. The van der Waals surface area contributed by atoms with Crippen LogP contribution in [0.15, 0.2) is 24.3 Å². The molecule has 0 saturated carbocycles. The lowest BCUT2D eigenvalue weighted by Crippen LogP contribution is -2.16. The van der Waals surface area contributed by atoms with Crippen LogP contribution in [0.4, 0.5) is 0 Å². The van der Waals surface area contributed by atoms with Gasteiger partial charge in [0.05, 0.1) is 12.4 Å². The maximum Gasteiger partial charge on any atom is 0.209 e. The fraction of sp³-hybridized carbons (Fsp3) is 0.625. The number of nitrogens with two attached hydrogens (primary N) is 1. The van der Waals surface area contributed by atoms with E-state index in [2.05, 4.69) is 32.9 Å². The molecule has 0 heterocycles. The summed E-state index contributed by atoms with van der Waals surface area (Å²) in [6, 6.07) is 8.20. The van der Waals surface area contributed by atoms with Crippen molar-refractivity contribution in [2.45, 2.75) is 51.9 Å². The van der Waals surface area contributed by atoms with Crippen molar-refractivity contribution in [1.82, 2.24) is 0 Å². The Labute approximate surface area is 128 Å². The Kier molecular flexibility index (Phi) is 6.68. The third kappa shape index (κ3) is 8.07. The molecular weight excluding hydrogens is 286 g/mol. The summed E-state index contributed by atoms with van der Waals surface area (Å²) < 4.78 is 27.2. The maximum atomic E-state index is 10.8. The first-order valence-corrected chi connectivity index (χ1v) is 9.14. The van der Waals surface area contributed by atoms with Gasteiger partial charge in [0.2, 0.25) is 10.0 Å². The van der Waals surface area contributed by atoms with E-state index in [1.54, 1.807) is 0 Å². The second-order valence-electron chi connectivity index (χ2n) is 6.40. The van der Waals surface area contributed by atoms with Crippen LogP contribution in [0.5, 0.6) is 5.75 Å². The van der Waals surface area contributed by atoms with Gasteiger partial charge >= 0.3 is 0 Å². The summed E-state index contributed by atoms with van der Waals surface area (Å²) in [4.78, 5) is 0. The molecule has 0 radical (unpaired) electrons. The number of hydrogen-bond acceptors (Lipinski definition) is 3. The monoisotopic (exact) mass is 313 g/mol. The van der Waals surface area contributed by atoms with E-state index < -0.39 is 10.0 Å². The van der Waals surface area contributed by atoms with Crippen LogP contribution in [-0.4, -0.2) is 20.8 Å². The lowest BCUT2D eigenvalue weighted by Gasteiger charge is -2.19. The molecule has 0 aliphatic carbocycles. The molecule has 0 amide bonds. The fourth-order valence-electron chi connectivity index (χ4n) is 2.00. The van der Waals surface area contributed by atoms with Gasteiger partial charge in [0.15, 0.2) is 0 Å². The highest BCUT2D eigenvalue weighted by atomic mass is 32.2. The molecular formula is C16H27NO3S. The van der Waals surface area contributed by atoms with Crippen LogP contribution >= 0.6 is 0 Å². The molecule has 21 heavy (non-hydrogen) atoms. The average molecular weight is 313 g/mol. The number of ether oxygens (including phenoxy) is 1. The van der Waals surface area contributed by atoms with Crippen LogP contribution in [-0.2, 0) is 15.4 Å². The number of sulfonamides is 1. The molecule has 5 heteroatoms. The number of benzene rings is 1. The molecule has 4 nitrogen and oxygen atoms in total. The maximum absolute atomic E-state index is 10.8. The van der Waals surface area contributed by atoms with Crippen LogP contribution < -0.4 is 9.88 Å². The van der Waals surface area contributed by atoms with Gasteiger partial charge in [-0.15, -0.1) is 0 Å². The van der Waals surface area contributed by atoms with Crippen LogP contribution in [0.2, 0.25) is 0 Å².